The second-order valence-electron chi connectivity index (χ2n) is 14.2. The maximum absolute atomic E-state index is 16.7. The van der Waals surface area contributed by atoms with Crippen LogP contribution in [0.3, 0.4) is 0 Å². The normalized spacial score (nSPS) is 30.0. The number of ether oxygens (including phenoxy) is 1. The second kappa shape index (κ2) is 9.28. The standard InChI is InChI=1S/C35H29F6N5O/c1-2-21-24(36)8-7-20-5-3-6-22(25(20)21)27-26(37)28-23(13-42-27)29(45-12-10-31(17-45)15-34(31,38)39)44-30(43-28)47-19-33-9-4-11-46(33)18-32(14-33)16-35(32,40)41/h1,3,5-8,13H,4,9-12,14-19H2/t31?,32-,33-/m0/s1. The van der Waals surface area contributed by atoms with Gasteiger partial charge in [-0.05, 0) is 43.7 Å². The van der Waals surface area contributed by atoms with Gasteiger partial charge in [-0.25, -0.2) is 26.3 Å². The second-order valence-corrected chi connectivity index (χ2v) is 14.2. The van der Waals surface area contributed by atoms with Crippen LogP contribution in [0.4, 0.5) is 32.2 Å². The summed E-state index contributed by atoms with van der Waals surface area (Å²) in [5.74, 6) is -4.37. The lowest BCUT2D eigenvalue weighted by Crippen LogP contribution is -2.43. The van der Waals surface area contributed by atoms with Crippen LogP contribution in [0.25, 0.3) is 32.9 Å². The van der Waals surface area contributed by atoms with Crippen molar-refractivity contribution in [1.29, 1.82) is 0 Å². The van der Waals surface area contributed by atoms with Crippen LogP contribution in [0, 0.1) is 34.8 Å². The third kappa shape index (κ3) is 4.01. The van der Waals surface area contributed by atoms with E-state index in [1.807, 2.05) is 0 Å². The van der Waals surface area contributed by atoms with Crippen molar-refractivity contribution in [2.24, 2.45) is 10.8 Å². The molecule has 5 fully saturated rings. The summed E-state index contributed by atoms with van der Waals surface area (Å²) in [4.78, 5) is 17.3. The van der Waals surface area contributed by atoms with E-state index >= 15 is 4.39 Å². The number of rotatable bonds is 5. The van der Waals surface area contributed by atoms with E-state index in [9.17, 15) is 22.0 Å². The molecule has 0 bridgehead atoms. The Labute approximate surface area is 266 Å². The summed E-state index contributed by atoms with van der Waals surface area (Å²) in [6.07, 6.45) is 8.74. The quantitative estimate of drug-likeness (QED) is 0.172. The lowest BCUT2D eigenvalue weighted by molar-refractivity contribution is 0.0647. The molecule has 3 saturated heterocycles. The maximum Gasteiger partial charge on any atom is 0.319 e. The van der Waals surface area contributed by atoms with Crippen LogP contribution < -0.4 is 9.64 Å². The molecule has 9 rings (SSSR count). The highest BCUT2D eigenvalue weighted by molar-refractivity contribution is 6.02. The lowest BCUT2D eigenvalue weighted by atomic mass is 9.89. The molecule has 3 aliphatic heterocycles. The molecule has 47 heavy (non-hydrogen) atoms. The van der Waals surface area contributed by atoms with Crippen LogP contribution in [0.15, 0.2) is 36.5 Å². The van der Waals surface area contributed by atoms with E-state index in [-0.39, 0.29) is 84.9 Å². The van der Waals surface area contributed by atoms with Gasteiger partial charge in [-0.1, -0.05) is 30.2 Å². The SMILES string of the molecule is C#Cc1c(F)ccc2cccc(-c3ncc4c(N5CCC6(C5)CC6(F)F)nc(OC[C@@]56CCCN5C[C@@]5(CC5(F)F)C6)nc4c3F)c12. The molecule has 0 amide bonds. The van der Waals surface area contributed by atoms with Gasteiger partial charge in [0, 0.05) is 49.6 Å². The largest absolute Gasteiger partial charge is 0.461 e. The number of terminal acetylenes is 1. The number of nitrogens with zero attached hydrogens (tertiary/aromatic N) is 5. The molecule has 4 aromatic rings. The predicted molar refractivity (Wildman–Crippen MR) is 163 cm³/mol. The lowest BCUT2D eigenvalue weighted by Gasteiger charge is -2.31. The predicted octanol–water partition coefficient (Wildman–Crippen LogP) is 6.98. The minimum atomic E-state index is -2.78. The molecular weight excluding hydrogens is 620 g/mol. The highest BCUT2D eigenvalue weighted by Gasteiger charge is 2.77. The van der Waals surface area contributed by atoms with E-state index < -0.39 is 39.8 Å². The van der Waals surface area contributed by atoms with E-state index in [1.54, 1.807) is 29.2 Å². The molecule has 2 spiro atoms. The van der Waals surface area contributed by atoms with E-state index in [0.29, 0.717) is 30.3 Å². The maximum atomic E-state index is 16.7. The fraction of sp³-hybridized carbons (Fsp3) is 0.457. The zero-order valence-corrected chi connectivity index (χ0v) is 25.2. The van der Waals surface area contributed by atoms with Gasteiger partial charge in [-0.15, -0.1) is 6.42 Å². The van der Waals surface area contributed by atoms with Crippen molar-refractivity contribution in [2.45, 2.75) is 55.9 Å². The number of anilines is 1. The van der Waals surface area contributed by atoms with Gasteiger partial charge in [-0.3, -0.25) is 9.88 Å². The van der Waals surface area contributed by atoms with Crippen LogP contribution in [-0.4, -0.2) is 70.0 Å². The Morgan fingerprint density at radius 1 is 0.915 bits per heavy atom. The Morgan fingerprint density at radius 3 is 2.43 bits per heavy atom. The zero-order valence-electron chi connectivity index (χ0n) is 25.2. The van der Waals surface area contributed by atoms with Crippen molar-refractivity contribution in [3.63, 3.8) is 0 Å². The van der Waals surface area contributed by atoms with Crippen LogP contribution in [-0.2, 0) is 0 Å². The van der Waals surface area contributed by atoms with Crippen molar-refractivity contribution in [2.75, 3.05) is 37.7 Å². The highest BCUT2D eigenvalue weighted by Crippen LogP contribution is 2.69. The summed E-state index contributed by atoms with van der Waals surface area (Å²) in [7, 11) is 0. The van der Waals surface area contributed by atoms with Crippen molar-refractivity contribution < 1.29 is 31.1 Å². The first-order chi connectivity index (χ1) is 22.4. The topological polar surface area (TPSA) is 54.4 Å². The molecular formula is C35H29F6N5O. The number of pyridine rings is 1. The molecule has 5 heterocycles. The molecule has 2 aromatic carbocycles. The summed E-state index contributed by atoms with van der Waals surface area (Å²) in [6.45, 7) is 1.31. The number of hydrogen-bond acceptors (Lipinski definition) is 6. The minimum absolute atomic E-state index is 0.0262. The van der Waals surface area contributed by atoms with Crippen molar-refractivity contribution in [3.05, 3.63) is 53.7 Å². The summed E-state index contributed by atoms with van der Waals surface area (Å²) in [6, 6.07) is 7.64. The number of fused-ring (bicyclic) bond motifs is 3. The van der Waals surface area contributed by atoms with Gasteiger partial charge in [0.2, 0.25) is 0 Å². The summed E-state index contributed by atoms with van der Waals surface area (Å²) in [5.41, 5.74) is -2.87. The Balaban J connectivity index is 1.15. The Kier molecular flexibility index (Phi) is 5.74. The minimum Gasteiger partial charge on any atom is -0.461 e. The fourth-order valence-electron chi connectivity index (χ4n) is 8.73. The first-order valence-corrected chi connectivity index (χ1v) is 15.8. The van der Waals surface area contributed by atoms with Crippen LogP contribution in [0.1, 0.15) is 44.1 Å². The molecule has 5 aliphatic rings. The van der Waals surface area contributed by atoms with Gasteiger partial charge in [0.1, 0.15) is 29.5 Å². The van der Waals surface area contributed by atoms with E-state index in [4.69, 9.17) is 11.2 Å². The monoisotopic (exact) mass is 649 g/mol. The molecule has 0 N–H and O–H groups in total. The molecule has 2 saturated carbocycles. The van der Waals surface area contributed by atoms with Gasteiger partial charge >= 0.3 is 6.01 Å². The molecule has 0 radical (unpaired) electrons. The van der Waals surface area contributed by atoms with Gasteiger partial charge < -0.3 is 9.64 Å². The third-order valence-corrected chi connectivity index (χ3v) is 11.5. The van der Waals surface area contributed by atoms with E-state index in [1.165, 1.54) is 12.3 Å². The molecule has 1 unspecified atom stereocenters. The summed E-state index contributed by atoms with van der Waals surface area (Å²) >= 11 is 0. The Bertz CT molecular complexity index is 2070. The van der Waals surface area contributed by atoms with Gasteiger partial charge in [-0.2, -0.15) is 9.97 Å². The average molecular weight is 650 g/mol. The number of benzene rings is 2. The summed E-state index contributed by atoms with van der Waals surface area (Å²) < 4.78 is 95.3. The van der Waals surface area contributed by atoms with E-state index in [2.05, 4.69) is 25.8 Å². The first kappa shape index (κ1) is 29.1. The average Bonchev–Trinajstić information content (AvgIpc) is 3.43. The van der Waals surface area contributed by atoms with Crippen LogP contribution in [0.5, 0.6) is 6.01 Å². The highest BCUT2D eigenvalue weighted by atomic mass is 19.3. The number of alkyl halides is 4. The summed E-state index contributed by atoms with van der Waals surface area (Å²) in [5, 5.41) is 1.12. The Hall–Kier alpha value is -4.11. The van der Waals surface area contributed by atoms with E-state index in [0.717, 1.165) is 6.42 Å². The first-order valence-electron chi connectivity index (χ1n) is 15.8. The molecule has 6 nitrogen and oxygen atoms in total. The Morgan fingerprint density at radius 2 is 1.70 bits per heavy atom. The van der Waals surface area contributed by atoms with Gasteiger partial charge in [0.15, 0.2) is 5.82 Å². The zero-order chi connectivity index (χ0) is 32.6. The molecule has 2 aliphatic carbocycles. The molecule has 3 atom stereocenters. The third-order valence-electron chi connectivity index (χ3n) is 11.5. The number of halogens is 6. The van der Waals surface area contributed by atoms with Crippen LogP contribution in [0.2, 0.25) is 0 Å². The van der Waals surface area contributed by atoms with Gasteiger partial charge in [0.05, 0.1) is 27.3 Å². The van der Waals surface area contributed by atoms with Crippen molar-refractivity contribution in [3.8, 4) is 29.6 Å². The molecule has 242 valence electrons. The number of aromatic nitrogens is 3. The van der Waals surface area contributed by atoms with Crippen molar-refractivity contribution in [1.82, 2.24) is 19.9 Å². The fourth-order valence-corrected chi connectivity index (χ4v) is 8.73. The van der Waals surface area contributed by atoms with Crippen LogP contribution >= 0.6 is 0 Å². The van der Waals surface area contributed by atoms with Crippen molar-refractivity contribution >= 4 is 27.5 Å². The number of hydrogen-bond donors (Lipinski definition) is 0. The molecule has 2 aromatic heterocycles. The smallest absolute Gasteiger partial charge is 0.319 e. The van der Waals surface area contributed by atoms with Gasteiger partial charge in [0.25, 0.3) is 11.8 Å². The molecule has 12 heteroatoms.